The molecular weight excluding hydrogens is 491 g/mol. The summed E-state index contributed by atoms with van der Waals surface area (Å²) in [5.41, 5.74) is 2.58. The number of aromatic nitrogens is 4. The number of sulfone groups is 1. The smallest absolute Gasteiger partial charge is 0.217 e. The molecule has 3 aliphatic heterocycles. The molecule has 0 aliphatic carbocycles. The largest absolute Gasteiger partial charge is 0.356 e. The van der Waals surface area contributed by atoms with E-state index in [4.69, 9.17) is 11.6 Å². The first kappa shape index (κ1) is 22.9. The number of hydrogen-bond donors (Lipinski definition) is 0. The second-order valence-electron chi connectivity index (χ2n) is 9.76. The predicted molar refractivity (Wildman–Crippen MR) is 131 cm³/mol. The Hall–Kier alpha value is -2.56. The van der Waals surface area contributed by atoms with Gasteiger partial charge in [-0.25, -0.2) is 13.4 Å². The Labute approximate surface area is 208 Å². The van der Waals surface area contributed by atoms with Gasteiger partial charge in [0, 0.05) is 42.2 Å². The zero-order chi connectivity index (χ0) is 24.3. The van der Waals surface area contributed by atoms with Crippen LogP contribution in [0, 0.1) is 12.9 Å². The van der Waals surface area contributed by atoms with Crippen molar-refractivity contribution in [3.8, 4) is 5.69 Å². The fourth-order valence-corrected chi connectivity index (χ4v) is 7.05. The van der Waals surface area contributed by atoms with E-state index in [-0.39, 0.29) is 23.5 Å². The molecule has 2 saturated heterocycles. The van der Waals surface area contributed by atoms with Crippen molar-refractivity contribution >= 4 is 27.3 Å². The lowest BCUT2D eigenvalue weighted by Gasteiger charge is -2.35. The Kier molecular flexibility index (Phi) is 5.58. The van der Waals surface area contributed by atoms with Gasteiger partial charge in [0.2, 0.25) is 5.95 Å². The van der Waals surface area contributed by atoms with E-state index < -0.39 is 15.8 Å². The number of aryl methyl sites for hydroxylation is 1. The third-order valence-electron chi connectivity index (χ3n) is 7.37. The Balaban J connectivity index is 1.28. The van der Waals surface area contributed by atoms with Crippen LogP contribution in [0.2, 0.25) is 5.02 Å². The first-order chi connectivity index (χ1) is 16.8. The Morgan fingerprint density at radius 3 is 2.54 bits per heavy atom. The first-order valence-electron chi connectivity index (χ1n) is 11.8. The van der Waals surface area contributed by atoms with E-state index in [1.807, 2.05) is 24.3 Å². The Bertz CT molecular complexity index is 1390. The van der Waals surface area contributed by atoms with Gasteiger partial charge in [0.05, 0.1) is 23.7 Å². The summed E-state index contributed by atoms with van der Waals surface area (Å²) in [7, 11) is -2.94. The minimum Gasteiger partial charge on any atom is -0.356 e. The molecule has 0 amide bonds. The Morgan fingerprint density at radius 2 is 1.83 bits per heavy atom. The molecule has 35 heavy (non-hydrogen) atoms. The van der Waals surface area contributed by atoms with E-state index in [0.717, 1.165) is 48.8 Å². The first-order valence-corrected chi connectivity index (χ1v) is 14.0. The molecule has 184 valence electrons. The van der Waals surface area contributed by atoms with Crippen LogP contribution >= 0.6 is 11.6 Å². The van der Waals surface area contributed by atoms with Crippen LogP contribution in [-0.2, 0) is 22.9 Å². The summed E-state index contributed by atoms with van der Waals surface area (Å²) < 4.78 is 39.8. The van der Waals surface area contributed by atoms with E-state index in [9.17, 15) is 12.8 Å². The number of benzene rings is 1. The second-order valence-corrected chi connectivity index (χ2v) is 12.3. The highest BCUT2D eigenvalue weighted by molar-refractivity contribution is 7.92. The molecular formula is C24H26ClFN6O2S. The zero-order valence-corrected chi connectivity index (χ0v) is 20.9. The fraction of sp³-hybridized carbons (Fsp3) is 0.458. The maximum atomic E-state index is 14.0. The van der Waals surface area contributed by atoms with Crippen molar-refractivity contribution in [2.75, 3.05) is 29.5 Å². The van der Waals surface area contributed by atoms with Crippen LogP contribution in [0.4, 0.5) is 10.2 Å². The monoisotopic (exact) mass is 516 g/mol. The summed E-state index contributed by atoms with van der Waals surface area (Å²) in [5, 5.41) is 9.81. The van der Waals surface area contributed by atoms with Crippen molar-refractivity contribution in [3.05, 3.63) is 64.1 Å². The number of anilines is 1. The van der Waals surface area contributed by atoms with Crippen molar-refractivity contribution in [2.24, 2.45) is 0 Å². The van der Waals surface area contributed by atoms with Crippen LogP contribution in [0.5, 0.6) is 0 Å². The maximum absolute atomic E-state index is 14.0. The number of hydrogen-bond acceptors (Lipinski definition) is 7. The molecule has 6 rings (SSSR count). The van der Waals surface area contributed by atoms with Gasteiger partial charge in [0.1, 0.15) is 11.6 Å². The molecule has 0 bridgehead atoms. The average Bonchev–Trinajstić information content (AvgIpc) is 3.15. The minimum absolute atomic E-state index is 0.0239. The lowest BCUT2D eigenvalue weighted by Crippen LogP contribution is -2.52. The van der Waals surface area contributed by atoms with Gasteiger partial charge in [-0.3, -0.25) is 9.47 Å². The molecule has 0 spiro atoms. The molecule has 0 saturated carbocycles. The quantitative estimate of drug-likeness (QED) is 0.494. The Morgan fingerprint density at radius 1 is 1.06 bits per heavy atom. The molecule has 3 aromatic rings. The topological polar surface area (TPSA) is 84.2 Å². The van der Waals surface area contributed by atoms with Gasteiger partial charge in [0.15, 0.2) is 15.7 Å². The highest BCUT2D eigenvalue weighted by Crippen LogP contribution is 2.35. The SMILES string of the molecule is Cc1ccc(N2CCC(c3nnc4n3-c3ccc(Cl)cc3CN(C3CS(=O)(=O)C3)C4)CC2)nc1F. The molecule has 2 fully saturated rings. The zero-order valence-electron chi connectivity index (χ0n) is 19.4. The lowest BCUT2D eigenvalue weighted by molar-refractivity contribution is 0.193. The minimum atomic E-state index is -2.94. The van der Waals surface area contributed by atoms with Crippen molar-refractivity contribution in [1.29, 1.82) is 0 Å². The van der Waals surface area contributed by atoms with Crippen LogP contribution in [0.25, 0.3) is 5.69 Å². The number of piperidine rings is 1. The summed E-state index contributed by atoms with van der Waals surface area (Å²) in [6.07, 6.45) is 1.70. The van der Waals surface area contributed by atoms with E-state index in [2.05, 4.69) is 29.5 Å². The average molecular weight is 517 g/mol. The number of rotatable bonds is 3. The summed E-state index contributed by atoms with van der Waals surface area (Å²) >= 11 is 6.34. The number of pyridine rings is 1. The van der Waals surface area contributed by atoms with Gasteiger partial charge in [-0.05, 0) is 49.6 Å². The summed E-state index contributed by atoms with van der Waals surface area (Å²) in [4.78, 5) is 8.41. The van der Waals surface area contributed by atoms with E-state index in [0.29, 0.717) is 29.5 Å². The molecule has 1 aromatic carbocycles. The third kappa shape index (κ3) is 4.21. The van der Waals surface area contributed by atoms with Crippen molar-refractivity contribution < 1.29 is 12.8 Å². The van der Waals surface area contributed by atoms with Crippen molar-refractivity contribution in [2.45, 2.75) is 44.8 Å². The predicted octanol–water partition coefficient (Wildman–Crippen LogP) is 3.26. The van der Waals surface area contributed by atoms with Crippen LogP contribution in [0.3, 0.4) is 0 Å². The highest BCUT2D eigenvalue weighted by atomic mass is 35.5. The van der Waals surface area contributed by atoms with Gasteiger partial charge in [0.25, 0.3) is 0 Å². The van der Waals surface area contributed by atoms with Gasteiger partial charge >= 0.3 is 0 Å². The fourth-order valence-electron chi connectivity index (χ4n) is 5.36. The molecule has 8 nitrogen and oxygen atoms in total. The highest BCUT2D eigenvalue weighted by Gasteiger charge is 2.40. The summed E-state index contributed by atoms with van der Waals surface area (Å²) in [6, 6.07) is 9.45. The summed E-state index contributed by atoms with van der Waals surface area (Å²) in [6.45, 7) is 4.36. The molecule has 0 radical (unpaired) electrons. The van der Waals surface area contributed by atoms with Gasteiger partial charge in [-0.2, -0.15) is 4.39 Å². The maximum Gasteiger partial charge on any atom is 0.217 e. The molecule has 0 N–H and O–H groups in total. The van der Waals surface area contributed by atoms with Crippen molar-refractivity contribution in [1.82, 2.24) is 24.6 Å². The molecule has 3 aliphatic rings. The van der Waals surface area contributed by atoms with E-state index in [1.54, 1.807) is 13.0 Å². The van der Waals surface area contributed by atoms with Crippen molar-refractivity contribution in [3.63, 3.8) is 0 Å². The van der Waals surface area contributed by atoms with Gasteiger partial charge in [-0.15, -0.1) is 10.2 Å². The molecule has 5 heterocycles. The lowest BCUT2D eigenvalue weighted by atomic mass is 9.95. The van der Waals surface area contributed by atoms with Gasteiger partial charge < -0.3 is 4.90 Å². The number of nitrogens with zero attached hydrogens (tertiary/aromatic N) is 6. The number of halogens is 2. The third-order valence-corrected chi connectivity index (χ3v) is 9.39. The molecule has 11 heteroatoms. The van der Waals surface area contributed by atoms with Crippen LogP contribution in [0.15, 0.2) is 30.3 Å². The van der Waals surface area contributed by atoms with E-state index in [1.165, 1.54) is 0 Å². The van der Waals surface area contributed by atoms with Gasteiger partial charge in [-0.1, -0.05) is 17.7 Å². The normalized spacial score (nSPS) is 20.7. The van der Waals surface area contributed by atoms with Crippen LogP contribution in [-0.4, -0.2) is 63.7 Å². The standard InChI is InChI=1S/C24H26ClFN6O2S/c1-15-2-5-21(27-23(15)26)30-8-6-16(7-9-30)24-29-28-22-12-31(19-13-35(33,34)14-19)11-17-10-18(25)3-4-20(17)32(22)24/h2-5,10,16,19H,6-9,11-14H2,1H3. The summed E-state index contributed by atoms with van der Waals surface area (Å²) in [5.74, 6) is 2.52. The van der Waals surface area contributed by atoms with E-state index >= 15 is 0 Å². The van der Waals surface area contributed by atoms with Crippen LogP contribution < -0.4 is 4.90 Å². The second kappa shape index (κ2) is 8.53. The molecule has 2 aromatic heterocycles. The molecule has 0 unspecified atom stereocenters. The molecule has 0 atom stereocenters. The van der Waals surface area contributed by atoms with Crippen LogP contribution in [0.1, 0.15) is 41.5 Å². The number of fused-ring (bicyclic) bond motifs is 3.